The van der Waals surface area contributed by atoms with Crippen LogP contribution in [0.1, 0.15) is 43.7 Å². The smallest absolute Gasteiger partial charge is 0.227 e. The first-order chi connectivity index (χ1) is 9.20. The van der Waals surface area contributed by atoms with Gasteiger partial charge in [0.05, 0.1) is 5.41 Å². The van der Waals surface area contributed by atoms with Gasteiger partial charge in [-0.15, -0.1) is 0 Å². The summed E-state index contributed by atoms with van der Waals surface area (Å²) < 4.78 is 0. The maximum Gasteiger partial charge on any atom is 0.227 e. The Balaban J connectivity index is 1.86. The lowest BCUT2D eigenvalue weighted by Gasteiger charge is -2.39. The molecule has 19 heavy (non-hydrogen) atoms. The predicted octanol–water partition coefficient (Wildman–Crippen LogP) is 2.38. The molecule has 1 aliphatic carbocycles. The molecule has 0 heterocycles. The van der Waals surface area contributed by atoms with Crippen LogP contribution in [-0.2, 0) is 17.8 Å². The number of nitrogens with two attached hydrogens (primary N) is 1. The van der Waals surface area contributed by atoms with E-state index in [2.05, 4.69) is 36.5 Å². The molecule has 0 atom stereocenters. The zero-order valence-electron chi connectivity index (χ0n) is 11.7. The van der Waals surface area contributed by atoms with Gasteiger partial charge in [-0.2, -0.15) is 0 Å². The van der Waals surface area contributed by atoms with Gasteiger partial charge in [-0.1, -0.05) is 44.0 Å². The first-order valence-corrected chi connectivity index (χ1v) is 7.26. The Morgan fingerprint density at radius 3 is 2.37 bits per heavy atom. The second kappa shape index (κ2) is 6.20. The molecule has 0 aromatic heterocycles. The molecule has 3 nitrogen and oxygen atoms in total. The molecule has 0 aliphatic heterocycles. The van der Waals surface area contributed by atoms with Crippen LogP contribution in [0, 0.1) is 5.41 Å². The minimum atomic E-state index is -0.276. The fourth-order valence-corrected chi connectivity index (χ4v) is 2.61. The van der Waals surface area contributed by atoms with Crippen molar-refractivity contribution in [3.8, 4) is 0 Å². The van der Waals surface area contributed by atoms with Gasteiger partial charge in [0.1, 0.15) is 0 Å². The average molecular weight is 260 g/mol. The lowest BCUT2D eigenvalue weighted by molar-refractivity contribution is -0.135. The highest BCUT2D eigenvalue weighted by Gasteiger charge is 2.42. The molecule has 0 spiro atoms. The van der Waals surface area contributed by atoms with Gasteiger partial charge in [0, 0.05) is 13.1 Å². The zero-order chi connectivity index (χ0) is 13.7. The molecule has 1 aromatic rings. The Hall–Kier alpha value is -1.35. The maximum absolute atomic E-state index is 12.1. The Labute approximate surface area is 115 Å². The SMILES string of the molecule is CCCc1ccc(CNC(=O)C2(CN)CCC2)cc1. The quantitative estimate of drug-likeness (QED) is 0.825. The molecule has 0 radical (unpaired) electrons. The summed E-state index contributed by atoms with van der Waals surface area (Å²) in [7, 11) is 0. The predicted molar refractivity (Wildman–Crippen MR) is 77.6 cm³/mol. The van der Waals surface area contributed by atoms with Crippen LogP contribution in [0.15, 0.2) is 24.3 Å². The molecule has 0 bridgehead atoms. The van der Waals surface area contributed by atoms with Gasteiger partial charge in [-0.05, 0) is 30.4 Å². The summed E-state index contributed by atoms with van der Waals surface area (Å²) >= 11 is 0. The highest BCUT2D eigenvalue weighted by Crippen LogP contribution is 2.40. The third-order valence-corrected chi connectivity index (χ3v) is 4.20. The molecule has 2 rings (SSSR count). The van der Waals surface area contributed by atoms with Crippen LogP contribution in [0.2, 0.25) is 0 Å². The van der Waals surface area contributed by atoms with Crippen LogP contribution in [-0.4, -0.2) is 12.5 Å². The molecule has 3 heteroatoms. The number of aryl methyl sites for hydroxylation is 1. The summed E-state index contributed by atoms with van der Waals surface area (Å²) in [5.74, 6) is 0.124. The second-order valence-corrected chi connectivity index (χ2v) is 5.59. The molecular formula is C16H24N2O. The summed E-state index contributed by atoms with van der Waals surface area (Å²) in [5, 5.41) is 3.03. The van der Waals surface area contributed by atoms with E-state index >= 15 is 0 Å². The van der Waals surface area contributed by atoms with Gasteiger partial charge in [0.25, 0.3) is 0 Å². The molecule has 1 aromatic carbocycles. The molecule has 1 aliphatic rings. The summed E-state index contributed by atoms with van der Waals surface area (Å²) in [6, 6.07) is 8.49. The fourth-order valence-electron chi connectivity index (χ4n) is 2.61. The van der Waals surface area contributed by atoms with Crippen molar-refractivity contribution in [3.63, 3.8) is 0 Å². The first kappa shape index (κ1) is 14.1. The fraction of sp³-hybridized carbons (Fsp3) is 0.562. The van der Waals surface area contributed by atoms with E-state index in [9.17, 15) is 4.79 Å². The Morgan fingerprint density at radius 2 is 1.89 bits per heavy atom. The van der Waals surface area contributed by atoms with E-state index in [0.29, 0.717) is 13.1 Å². The minimum Gasteiger partial charge on any atom is -0.352 e. The van der Waals surface area contributed by atoms with Gasteiger partial charge in [0.15, 0.2) is 0 Å². The third kappa shape index (κ3) is 3.16. The number of carbonyl (C=O) groups is 1. The standard InChI is InChI=1S/C16H24N2O/c1-2-4-13-5-7-14(8-6-13)11-18-15(19)16(12-17)9-3-10-16/h5-8H,2-4,9-12,17H2,1H3,(H,18,19). The lowest BCUT2D eigenvalue weighted by atomic mass is 9.68. The van der Waals surface area contributed by atoms with E-state index < -0.39 is 0 Å². The van der Waals surface area contributed by atoms with E-state index in [-0.39, 0.29) is 11.3 Å². The van der Waals surface area contributed by atoms with E-state index in [1.165, 1.54) is 5.56 Å². The Morgan fingerprint density at radius 1 is 1.26 bits per heavy atom. The Bertz CT molecular complexity index is 415. The van der Waals surface area contributed by atoms with Crippen LogP contribution in [0.25, 0.3) is 0 Å². The summed E-state index contributed by atoms with van der Waals surface area (Å²) in [4.78, 5) is 12.1. The number of hydrogen-bond acceptors (Lipinski definition) is 2. The van der Waals surface area contributed by atoms with Crippen LogP contribution < -0.4 is 11.1 Å². The molecule has 0 saturated heterocycles. The number of nitrogens with one attached hydrogen (secondary N) is 1. The van der Waals surface area contributed by atoms with Gasteiger partial charge < -0.3 is 11.1 Å². The topological polar surface area (TPSA) is 55.1 Å². The van der Waals surface area contributed by atoms with Crippen molar-refractivity contribution in [3.05, 3.63) is 35.4 Å². The summed E-state index contributed by atoms with van der Waals surface area (Å²) in [5.41, 5.74) is 7.96. The number of amides is 1. The largest absolute Gasteiger partial charge is 0.352 e. The summed E-state index contributed by atoms with van der Waals surface area (Å²) in [6.07, 6.45) is 5.27. The van der Waals surface area contributed by atoms with E-state index in [1.807, 2.05) is 0 Å². The first-order valence-electron chi connectivity index (χ1n) is 7.26. The zero-order valence-corrected chi connectivity index (χ0v) is 11.7. The molecule has 1 saturated carbocycles. The van der Waals surface area contributed by atoms with E-state index in [1.54, 1.807) is 0 Å². The van der Waals surface area contributed by atoms with Crippen molar-refractivity contribution >= 4 is 5.91 Å². The van der Waals surface area contributed by atoms with Gasteiger partial charge in [-0.3, -0.25) is 4.79 Å². The lowest BCUT2D eigenvalue weighted by Crippen LogP contribution is -2.50. The van der Waals surface area contributed by atoms with Crippen molar-refractivity contribution in [2.75, 3.05) is 6.54 Å². The monoisotopic (exact) mass is 260 g/mol. The van der Waals surface area contributed by atoms with Crippen LogP contribution in [0.4, 0.5) is 0 Å². The van der Waals surface area contributed by atoms with E-state index in [4.69, 9.17) is 5.73 Å². The van der Waals surface area contributed by atoms with Crippen LogP contribution in [0.3, 0.4) is 0 Å². The summed E-state index contributed by atoms with van der Waals surface area (Å²) in [6.45, 7) is 3.25. The average Bonchev–Trinajstić information content (AvgIpc) is 2.38. The Kier molecular flexibility index (Phi) is 4.59. The number of rotatable bonds is 6. The van der Waals surface area contributed by atoms with Crippen molar-refractivity contribution in [2.45, 2.75) is 45.6 Å². The van der Waals surface area contributed by atoms with Crippen LogP contribution >= 0.6 is 0 Å². The molecular weight excluding hydrogens is 236 g/mol. The number of hydrogen-bond donors (Lipinski definition) is 2. The molecule has 1 amide bonds. The highest BCUT2D eigenvalue weighted by molar-refractivity contribution is 5.83. The van der Waals surface area contributed by atoms with Crippen molar-refractivity contribution in [1.82, 2.24) is 5.32 Å². The molecule has 1 fully saturated rings. The molecule has 0 unspecified atom stereocenters. The number of benzene rings is 1. The van der Waals surface area contributed by atoms with Gasteiger partial charge in [-0.25, -0.2) is 0 Å². The van der Waals surface area contributed by atoms with Crippen molar-refractivity contribution in [2.24, 2.45) is 11.1 Å². The normalized spacial score (nSPS) is 16.7. The second-order valence-electron chi connectivity index (χ2n) is 5.59. The van der Waals surface area contributed by atoms with Crippen LogP contribution in [0.5, 0.6) is 0 Å². The maximum atomic E-state index is 12.1. The van der Waals surface area contributed by atoms with Gasteiger partial charge >= 0.3 is 0 Å². The minimum absolute atomic E-state index is 0.124. The molecule has 3 N–H and O–H groups in total. The van der Waals surface area contributed by atoms with E-state index in [0.717, 1.165) is 37.7 Å². The van der Waals surface area contributed by atoms with Gasteiger partial charge in [0.2, 0.25) is 5.91 Å². The highest BCUT2D eigenvalue weighted by atomic mass is 16.2. The van der Waals surface area contributed by atoms with Crippen molar-refractivity contribution in [1.29, 1.82) is 0 Å². The number of carbonyl (C=O) groups excluding carboxylic acids is 1. The van der Waals surface area contributed by atoms with Crippen molar-refractivity contribution < 1.29 is 4.79 Å². The third-order valence-electron chi connectivity index (χ3n) is 4.20. The molecule has 104 valence electrons.